The van der Waals surface area contributed by atoms with Crippen molar-refractivity contribution in [2.45, 2.75) is 26.4 Å². The molecule has 0 aliphatic rings. The molecule has 0 saturated carbocycles. The molecule has 0 aliphatic heterocycles. The standard InChI is InChI=1S/C14H16N2O2/c1-10(2)18-14-15-12(9-13(17)16-14)8-11-6-4-3-5-7-11/h3-7,9-10H,8H2,1-2H3,(H,15,16,17). The van der Waals surface area contributed by atoms with Crippen LogP contribution in [-0.2, 0) is 6.42 Å². The molecule has 2 aromatic rings. The zero-order valence-corrected chi connectivity index (χ0v) is 10.5. The van der Waals surface area contributed by atoms with Crippen molar-refractivity contribution in [2.75, 3.05) is 0 Å². The van der Waals surface area contributed by atoms with E-state index in [2.05, 4.69) is 9.97 Å². The molecule has 1 aromatic carbocycles. The maximum absolute atomic E-state index is 11.5. The molecule has 0 fully saturated rings. The highest BCUT2D eigenvalue weighted by Gasteiger charge is 2.05. The fourth-order valence-corrected chi connectivity index (χ4v) is 1.66. The van der Waals surface area contributed by atoms with Crippen molar-refractivity contribution in [1.29, 1.82) is 0 Å². The molecule has 0 amide bonds. The molecule has 0 radical (unpaired) electrons. The zero-order chi connectivity index (χ0) is 13.0. The van der Waals surface area contributed by atoms with Gasteiger partial charge in [0.25, 0.3) is 11.6 Å². The van der Waals surface area contributed by atoms with Gasteiger partial charge in [-0.2, -0.15) is 0 Å². The first-order chi connectivity index (χ1) is 8.63. The molecule has 0 unspecified atom stereocenters. The first kappa shape index (κ1) is 12.4. The second kappa shape index (κ2) is 5.49. The predicted molar refractivity (Wildman–Crippen MR) is 69.9 cm³/mol. The van der Waals surface area contributed by atoms with Crippen LogP contribution >= 0.6 is 0 Å². The van der Waals surface area contributed by atoms with Crippen LogP contribution in [0.3, 0.4) is 0 Å². The predicted octanol–water partition coefficient (Wildman–Crippen LogP) is 2.15. The van der Waals surface area contributed by atoms with E-state index >= 15 is 0 Å². The summed E-state index contributed by atoms with van der Waals surface area (Å²) in [7, 11) is 0. The molecule has 94 valence electrons. The molecule has 1 N–H and O–H groups in total. The minimum atomic E-state index is -0.188. The number of rotatable bonds is 4. The summed E-state index contributed by atoms with van der Waals surface area (Å²) >= 11 is 0. The highest BCUT2D eigenvalue weighted by molar-refractivity contribution is 5.21. The van der Waals surface area contributed by atoms with Crippen LogP contribution in [0.5, 0.6) is 6.01 Å². The highest BCUT2D eigenvalue weighted by atomic mass is 16.5. The fraction of sp³-hybridized carbons (Fsp3) is 0.286. The number of hydrogen-bond acceptors (Lipinski definition) is 3. The summed E-state index contributed by atoms with van der Waals surface area (Å²) in [6.07, 6.45) is 0.610. The van der Waals surface area contributed by atoms with Crippen molar-refractivity contribution in [1.82, 2.24) is 9.97 Å². The van der Waals surface area contributed by atoms with E-state index in [1.807, 2.05) is 44.2 Å². The van der Waals surface area contributed by atoms with Gasteiger partial charge in [-0.1, -0.05) is 30.3 Å². The van der Waals surface area contributed by atoms with Crippen LogP contribution in [0.1, 0.15) is 25.1 Å². The Labute approximate surface area is 106 Å². The van der Waals surface area contributed by atoms with E-state index in [0.717, 1.165) is 5.56 Å². The first-order valence-electron chi connectivity index (χ1n) is 5.94. The number of aromatic amines is 1. The van der Waals surface area contributed by atoms with Gasteiger partial charge in [-0.25, -0.2) is 4.98 Å². The number of H-pyrrole nitrogens is 1. The maximum Gasteiger partial charge on any atom is 0.296 e. The summed E-state index contributed by atoms with van der Waals surface area (Å²) in [5.74, 6) is 0. The van der Waals surface area contributed by atoms with Crippen LogP contribution in [0.25, 0.3) is 0 Å². The minimum absolute atomic E-state index is 0.0138. The lowest BCUT2D eigenvalue weighted by Gasteiger charge is -2.09. The van der Waals surface area contributed by atoms with Crippen molar-refractivity contribution < 1.29 is 4.74 Å². The highest BCUT2D eigenvalue weighted by Crippen LogP contribution is 2.08. The summed E-state index contributed by atoms with van der Waals surface area (Å²) in [4.78, 5) is 18.4. The normalized spacial score (nSPS) is 10.6. The molecule has 0 saturated heterocycles. The first-order valence-corrected chi connectivity index (χ1v) is 5.94. The Bertz CT molecular complexity index is 562. The number of nitrogens with zero attached hydrogens (tertiary/aromatic N) is 1. The Balaban J connectivity index is 2.23. The smallest absolute Gasteiger partial charge is 0.296 e. The Hall–Kier alpha value is -2.10. The third kappa shape index (κ3) is 3.45. The molecular formula is C14H16N2O2. The molecule has 0 atom stereocenters. The molecule has 4 heteroatoms. The van der Waals surface area contributed by atoms with E-state index < -0.39 is 0 Å². The molecule has 0 aliphatic carbocycles. The zero-order valence-electron chi connectivity index (χ0n) is 10.5. The Morgan fingerprint density at radius 3 is 2.67 bits per heavy atom. The van der Waals surface area contributed by atoms with Gasteiger partial charge < -0.3 is 4.74 Å². The largest absolute Gasteiger partial charge is 0.462 e. The van der Waals surface area contributed by atoms with Gasteiger partial charge in [0.2, 0.25) is 0 Å². The van der Waals surface area contributed by atoms with Gasteiger partial charge in [-0.3, -0.25) is 9.78 Å². The second-order valence-electron chi connectivity index (χ2n) is 4.37. The summed E-state index contributed by atoms with van der Waals surface area (Å²) < 4.78 is 5.41. The molecule has 4 nitrogen and oxygen atoms in total. The number of benzene rings is 1. The van der Waals surface area contributed by atoms with E-state index in [9.17, 15) is 4.79 Å². The molecule has 0 bridgehead atoms. The lowest BCUT2D eigenvalue weighted by Crippen LogP contribution is -2.15. The van der Waals surface area contributed by atoms with Gasteiger partial charge in [-0.05, 0) is 19.4 Å². The van der Waals surface area contributed by atoms with Gasteiger partial charge in [0, 0.05) is 12.5 Å². The van der Waals surface area contributed by atoms with Crippen molar-refractivity contribution in [2.24, 2.45) is 0 Å². The van der Waals surface area contributed by atoms with Crippen LogP contribution in [0.4, 0.5) is 0 Å². The van der Waals surface area contributed by atoms with Crippen molar-refractivity contribution in [3.63, 3.8) is 0 Å². The van der Waals surface area contributed by atoms with Gasteiger partial charge >= 0.3 is 0 Å². The van der Waals surface area contributed by atoms with Crippen LogP contribution in [0.15, 0.2) is 41.2 Å². The Morgan fingerprint density at radius 1 is 1.28 bits per heavy atom. The van der Waals surface area contributed by atoms with E-state index in [1.54, 1.807) is 0 Å². The van der Waals surface area contributed by atoms with Crippen molar-refractivity contribution in [3.8, 4) is 6.01 Å². The lowest BCUT2D eigenvalue weighted by atomic mass is 10.1. The van der Waals surface area contributed by atoms with Crippen molar-refractivity contribution in [3.05, 3.63) is 58.0 Å². The average Bonchev–Trinajstić information content (AvgIpc) is 2.28. The SMILES string of the molecule is CC(C)Oc1nc(Cc2ccccc2)cc(=O)[nH]1. The van der Waals surface area contributed by atoms with E-state index in [4.69, 9.17) is 4.74 Å². The third-order valence-corrected chi connectivity index (χ3v) is 2.35. The van der Waals surface area contributed by atoms with Crippen LogP contribution in [0, 0.1) is 0 Å². The maximum atomic E-state index is 11.5. The number of ether oxygens (including phenoxy) is 1. The Kier molecular flexibility index (Phi) is 3.77. The molecule has 1 heterocycles. The minimum Gasteiger partial charge on any atom is -0.462 e. The molecule has 2 rings (SSSR count). The van der Waals surface area contributed by atoms with Crippen molar-refractivity contribution >= 4 is 0 Å². The van der Waals surface area contributed by atoms with Crippen LogP contribution < -0.4 is 10.3 Å². The van der Waals surface area contributed by atoms with Gasteiger partial charge in [0.1, 0.15) is 0 Å². The molecule has 18 heavy (non-hydrogen) atoms. The van der Waals surface area contributed by atoms with Gasteiger partial charge in [0.05, 0.1) is 11.8 Å². The van der Waals surface area contributed by atoms with Gasteiger partial charge in [0.15, 0.2) is 0 Å². The summed E-state index contributed by atoms with van der Waals surface area (Å²) in [6.45, 7) is 3.79. The summed E-state index contributed by atoms with van der Waals surface area (Å²) in [6, 6.07) is 11.7. The van der Waals surface area contributed by atoms with E-state index in [1.165, 1.54) is 6.07 Å². The van der Waals surface area contributed by atoms with E-state index in [0.29, 0.717) is 12.1 Å². The molecular weight excluding hydrogens is 228 g/mol. The van der Waals surface area contributed by atoms with Gasteiger partial charge in [-0.15, -0.1) is 0 Å². The van der Waals surface area contributed by atoms with E-state index in [-0.39, 0.29) is 17.7 Å². The number of hydrogen-bond donors (Lipinski definition) is 1. The Morgan fingerprint density at radius 2 is 2.00 bits per heavy atom. The average molecular weight is 244 g/mol. The number of aromatic nitrogens is 2. The van der Waals surface area contributed by atoms with Crippen LogP contribution in [0.2, 0.25) is 0 Å². The number of nitrogens with one attached hydrogen (secondary N) is 1. The quantitative estimate of drug-likeness (QED) is 0.896. The molecule has 1 aromatic heterocycles. The lowest BCUT2D eigenvalue weighted by molar-refractivity contribution is 0.221. The third-order valence-electron chi connectivity index (χ3n) is 2.35. The fourth-order valence-electron chi connectivity index (χ4n) is 1.66. The summed E-state index contributed by atoms with van der Waals surface area (Å²) in [5.41, 5.74) is 1.64. The second-order valence-corrected chi connectivity index (χ2v) is 4.37. The molecule has 0 spiro atoms. The topological polar surface area (TPSA) is 55.0 Å². The van der Waals surface area contributed by atoms with Crippen LogP contribution in [-0.4, -0.2) is 16.1 Å². The summed E-state index contributed by atoms with van der Waals surface area (Å²) in [5, 5.41) is 0. The monoisotopic (exact) mass is 244 g/mol.